The standard InChI is InChI=1S/C21H24Cl2N2O2/c1-2-3-7-24-8-6-15(10-21(24)26)25-11-16-17(12-25)18(16)13-27-20-9-14(22)4-5-19(20)23/h4-6,8-10,16-18H,2-3,7,11-13H2,1H3. The lowest BCUT2D eigenvalue weighted by Crippen LogP contribution is -2.28. The molecule has 2 unspecified atom stereocenters. The van der Waals surface area contributed by atoms with Crippen LogP contribution in [-0.2, 0) is 6.54 Å². The number of aromatic nitrogens is 1. The molecule has 6 heteroatoms. The van der Waals surface area contributed by atoms with Gasteiger partial charge in [0.05, 0.1) is 11.6 Å². The number of fused-ring (bicyclic) bond motifs is 1. The van der Waals surface area contributed by atoms with Crippen LogP contribution >= 0.6 is 23.2 Å². The van der Waals surface area contributed by atoms with Crippen LogP contribution in [0.15, 0.2) is 41.3 Å². The second kappa shape index (κ2) is 7.76. The smallest absolute Gasteiger partial charge is 0.252 e. The molecule has 0 N–H and O–H groups in total. The lowest BCUT2D eigenvalue weighted by molar-refractivity contribution is 0.283. The Bertz CT molecular complexity index is 871. The first-order valence-electron chi connectivity index (χ1n) is 9.60. The maximum Gasteiger partial charge on any atom is 0.252 e. The normalized spacial score (nSPS) is 23.4. The summed E-state index contributed by atoms with van der Waals surface area (Å²) in [5.41, 5.74) is 1.13. The number of aryl methyl sites for hydroxylation is 1. The zero-order chi connectivity index (χ0) is 19.0. The monoisotopic (exact) mass is 406 g/mol. The summed E-state index contributed by atoms with van der Waals surface area (Å²) in [7, 11) is 0. The predicted molar refractivity (Wildman–Crippen MR) is 110 cm³/mol. The fourth-order valence-electron chi connectivity index (χ4n) is 4.09. The number of hydrogen-bond donors (Lipinski definition) is 0. The van der Waals surface area contributed by atoms with Crippen molar-refractivity contribution < 1.29 is 4.74 Å². The second-order valence-corrected chi connectivity index (χ2v) is 8.40. The Morgan fingerprint density at radius 3 is 2.63 bits per heavy atom. The minimum Gasteiger partial charge on any atom is -0.492 e. The molecule has 2 heterocycles. The van der Waals surface area contributed by atoms with Crippen molar-refractivity contribution in [2.24, 2.45) is 17.8 Å². The van der Waals surface area contributed by atoms with Crippen molar-refractivity contribution in [2.45, 2.75) is 26.3 Å². The van der Waals surface area contributed by atoms with Gasteiger partial charge in [0.2, 0.25) is 0 Å². The number of unbranched alkanes of at least 4 members (excludes halogenated alkanes) is 1. The van der Waals surface area contributed by atoms with E-state index in [0.29, 0.717) is 40.2 Å². The lowest BCUT2D eigenvalue weighted by Gasteiger charge is -2.22. The van der Waals surface area contributed by atoms with Crippen molar-refractivity contribution in [1.82, 2.24) is 4.57 Å². The van der Waals surface area contributed by atoms with E-state index in [1.165, 1.54) is 0 Å². The summed E-state index contributed by atoms with van der Waals surface area (Å²) in [6.07, 6.45) is 4.05. The number of halogens is 2. The molecule has 0 bridgehead atoms. The first-order valence-corrected chi connectivity index (χ1v) is 10.4. The number of pyridine rings is 1. The Kier molecular flexibility index (Phi) is 5.38. The molecule has 1 saturated heterocycles. The molecule has 0 radical (unpaired) electrons. The Balaban J connectivity index is 1.31. The zero-order valence-electron chi connectivity index (χ0n) is 15.4. The Morgan fingerprint density at radius 2 is 1.93 bits per heavy atom. The molecule has 2 atom stereocenters. The molecule has 27 heavy (non-hydrogen) atoms. The largest absolute Gasteiger partial charge is 0.492 e. The molecule has 1 aromatic heterocycles. The zero-order valence-corrected chi connectivity index (χ0v) is 16.9. The number of anilines is 1. The van der Waals surface area contributed by atoms with Crippen molar-refractivity contribution in [2.75, 3.05) is 24.6 Å². The van der Waals surface area contributed by atoms with Crippen molar-refractivity contribution in [3.63, 3.8) is 0 Å². The number of hydrogen-bond acceptors (Lipinski definition) is 3. The summed E-state index contributed by atoms with van der Waals surface area (Å²) in [6.45, 7) is 5.57. The average Bonchev–Trinajstić information content (AvgIpc) is 3.10. The first kappa shape index (κ1) is 18.7. The van der Waals surface area contributed by atoms with Crippen molar-refractivity contribution in [1.29, 1.82) is 0 Å². The molecular weight excluding hydrogens is 383 g/mol. The Hall–Kier alpha value is -1.65. The molecule has 144 valence electrons. The molecule has 1 aliphatic heterocycles. The van der Waals surface area contributed by atoms with Crippen LogP contribution in [0.4, 0.5) is 5.69 Å². The summed E-state index contributed by atoms with van der Waals surface area (Å²) >= 11 is 12.2. The van der Waals surface area contributed by atoms with Crippen LogP contribution in [0.1, 0.15) is 19.8 Å². The minimum absolute atomic E-state index is 0.0944. The maximum absolute atomic E-state index is 12.3. The first-order chi connectivity index (χ1) is 13.1. The highest BCUT2D eigenvalue weighted by molar-refractivity contribution is 6.34. The van der Waals surface area contributed by atoms with Crippen LogP contribution in [0, 0.1) is 17.8 Å². The molecule has 0 amide bonds. The summed E-state index contributed by atoms with van der Waals surface area (Å²) < 4.78 is 7.70. The van der Waals surface area contributed by atoms with Gasteiger partial charge in [0.25, 0.3) is 5.56 Å². The van der Waals surface area contributed by atoms with E-state index in [9.17, 15) is 4.79 Å². The van der Waals surface area contributed by atoms with E-state index in [-0.39, 0.29) is 5.56 Å². The number of rotatable bonds is 7. The van der Waals surface area contributed by atoms with Gasteiger partial charge >= 0.3 is 0 Å². The molecule has 2 fully saturated rings. The topological polar surface area (TPSA) is 34.5 Å². The number of benzene rings is 1. The highest BCUT2D eigenvalue weighted by atomic mass is 35.5. The maximum atomic E-state index is 12.3. The van der Waals surface area contributed by atoms with E-state index in [1.807, 2.05) is 6.20 Å². The fraction of sp³-hybridized carbons (Fsp3) is 0.476. The molecule has 1 aromatic carbocycles. The van der Waals surface area contributed by atoms with Gasteiger partial charge in [0.1, 0.15) is 5.75 Å². The predicted octanol–water partition coefficient (Wildman–Crippen LogP) is 4.72. The van der Waals surface area contributed by atoms with Gasteiger partial charge in [-0.15, -0.1) is 0 Å². The van der Waals surface area contributed by atoms with E-state index in [0.717, 1.165) is 38.2 Å². The van der Waals surface area contributed by atoms with Crippen molar-refractivity contribution >= 4 is 28.9 Å². The number of nitrogens with zero attached hydrogens (tertiary/aromatic N) is 2. The number of piperidine rings is 1. The lowest BCUT2D eigenvalue weighted by atomic mass is 10.2. The van der Waals surface area contributed by atoms with Crippen LogP contribution in [0.3, 0.4) is 0 Å². The summed E-state index contributed by atoms with van der Waals surface area (Å²) in [4.78, 5) is 14.6. The second-order valence-electron chi connectivity index (χ2n) is 7.55. The summed E-state index contributed by atoms with van der Waals surface area (Å²) in [5, 5.41) is 1.22. The number of ether oxygens (including phenoxy) is 1. The highest BCUT2D eigenvalue weighted by Crippen LogP contribution is 2.52. The quantitative estimate of drug-likeness (QED) is 0.667. The van der Waals surface area contributed by atoms with Gasteiger partial charge < -0.3 is 14.2 Å². The third-order valence-corrected chi connectivity index (χ3v) is 6.34. The van der Waals surface area contributed by atoms with E-state index < -0.39 is 0 Å². The average molecular weight is 407 g/mol. The SMILES string of the molecule is CCCCn1ccc(N2CC3C(COc4cc(Cl)ccc4Cl)C3C2)cc1=O. The third kappa shape index (κ3) is 3.97. The van der Waals surface area contributed by atoms with E-state index in [1.54, 1.807) is 28.8 Å². The van der Waals surface area contributed by atoms with Gasteiger partial charge in [-0.2, -0.15) is 0 Å². The third-order valence-electron chi connectivity index (χ3n) is 5.79. The van der Waals surface area contributed by atoms with Crippen LogP contribution in [0.2, 0.25) is 10.0 Å². The molecule has 1 saturated carbocycles. The summed E-state index contributed by atoms with van der Waals surface area (Å²) in [6, 6.07) is 9.13. The van der Waals surface area contributed by atoms with Crippen LogP contribution < -0.4 is 15.2 Å². The van der Waals surface area contributed by atoms with Crippen molar-refractivity contribution in [3.05, 3.63) is 56.9 Å². The van der Waals surface area contributed by atoms with Gasteiger partial charge in [0.15, 0.2) is 0 Å². The van der Waals surface area contributed by atoms with Crippen LogP contribution in [0.25, 0.3) is 0 Å². The molecule has 1 aliphatic carbocycles. The molecule has 2 aromatic rings. The molecule has 2 aliphatic rings. The Morgan fingerprint density at radius 1 is 1.15 bits per heavy atom. The molecule has 4 rings (SSSR count). The fourth-order valence-corrected chi connectivity index (χ4v) is 4.42. The van der Waals surface area contributed by atoms with Gasteiger partial charge in [0, 0.05) is 54.6 Å². The minimum atomic E-state index is 0.0944. The van der Waals surface area contributed by atoms with Crippen LogP contribution in [0.5, 0.6) is 5.75 Å². The van der Waals surface area contributed by atoms with Crippen molar-refractivity contribution in [3.8, 4) is 5.75 Å². The van der Waals surface area contributed by atoms with E-state index in [4.69, 9.17) is 27.9 Å². The van der Waals surface area contributed by atoms with Gasteiger partial charge in [-0.1, -0.05) is 36.5 Å². The van der Waals surface area contributed by atoms with Crippen LogP contribution in [-0.4, -0.2) is 24.3 Å². The van der Waals surface area contributed by atoms with Gasteiger partial charge in [-0.25, -0.2) is 0 Å². The summed E-state index contributed by atoms with van der Waals surface area (Å²) in [5.74, 6) is 2.47. The van der Waals surface area contributed by atoms with E-state index in [2.05, 4.69) is 17.9 Å². The Labute approximate surface area is 169 Å². The molecular formula is C21H24Cl2N2O2. The molecule has 0 spiro atoms. The highest BCUT2D eigenvalue weighted by Gasteiger charge is 2.56. The van der Waals surface area contributed by atoms with Gasteiger partial charge in [-0.05, 0) is 36.5 Å². The van der Waals surface area contributed by atoms with E-state index >= 15 is 0 Å². The molecule has 4 nitrogen and oxygen atoms in total. The van der Waals surface area contributed by atoms with Gasteiger partial charge in [-0.3, -0.25) is 4.79 Å².